The molecule has 1 aromatic rings. The third-order valence-corrected chi connectivity index (χ3v) is 3.24. The van der Waals surface area contributed by atoms with E-state index in [2.05, 4.69) is 4.90 Å². The molecule has 0 aromatic heterocycles. The van der Waals surface area contributed by atoms with Crippen LogP contribution in [0.15, 0.2) is 18.2 Å². The molecule has 4 nitrogen and oxygen atoms in total. The number of ether oxygens (including phenoxy) is 2. The van der Waals surface area contributed by atoms with E-state index in [0.717, 1.165) is 5.69 Å². The molecule has 1 aliphatic rings. The average Bonchev–Trinajstić information content (AvgIpc) is 2.23. The Balaban J connectivity index is 2.14. The molecule has 1 fully saturated rings. The van der Waals surface area contributed by atoms with E-state index in [9.17, 15) is 0 Å². The zero-order chi connectivity index (χ0) is 11.8. The molecule has 0 bridgehead atoms. The molecule has 0 aliphatic carbocycles. The van der Waals surface area contributed by atoms with Crippen molar-refractivity contribution in [2.75, 3.05) is 37.9 Å². The van der Waals surface area contributed by atoms with Crippen LogP contribution < -0.4 is 10.6 Å². The summed E-state index contributed by atoms with van der Waals surface area (Å²) in [5.74, 6) is -0.506. The fraction of sp³-hybridized carbons (Fsp3) is 0.455. The molecule has 0 spiro atoms. The molecule has 88 valence electrons. The van der Waals surface area contributed by atoms with Crippen molar-refractivity contribution in [1.82, 2.24) is 0 Å². The fourth-order valence-corrected chi connectivity index (χ4v) is 2.06. The van der Waals surface area contributed by atoms with E-state index < -0.39 is 5.79 Å². The van der Waals surface area contributed by atoms with E-state index in [1.165, 1.54) is 0 Å². The van der Waals surface area contributed by atoms with Gasteiger partial charge in [0.05, 0.1) is 23.8 Å². The molecule has 2 N–H and O–H groups in total. The van der Waals surface area contributed by atoms with E-state index in [-0.39, 0.29) is 0 Å². The molecule has 5 heteroatoms. The summed E-state index contributed by atoms with van der Waals surface area (Å²) in [5, 5.41) is 0.690. The predicted molar refractivity (Wildman–Crippen MR) is 64.8 cm³/mol. The average molecular weight is 243 g/mol. The molecule has 1 heterocycles. The van der Waals surface area contributed by atoms with Crippen LogP contribution in [0, 0.1) is 0 Å². The number of nitrogens with zero attached hydrogens (tertiary/aromatic N) is 1. The minimum atomic E-state index is -0.506. The maximum atomic E-state index is 6.10. The van der Waals surface area contributed by atoms with Crippen molar-refractivity contribution in [2.24, 2.45) is 0 Å². The monoisotopic (exact) mass is 242 g/mol. The lowest BCUT2D eigenvalue weighted by atomic mass is 10.1. The smallest absolute Gasteiger partial charge is 0.203 e. The highest BCUT2D eigenvalue weighted by molar-refractivity contribution is 6.33. The maximum absolute atomic E-state index is 6.10. The van der Waals surface area contributed by atoms with Gasteiger partial charge >= 0.3 is 0 Å². The highest BCUT2D eigenvalue weighted by atomic mass is 35.5. The number of hydrogen-bond donors (Lipinski definition) is 1. The highest BCUT2D eigenvalue weighted by Crippen LogP contribution is 2.36. The second kappa shape index (κ2) is 4.13. The van der Waals surface area contributed by atoms with Crippen LogP contribution in [0.1, 0.15) is 0 Å². The number of nitrogens with two attached hydrogens (primary N) is 1. The molecule has 0 atom stereocenters. The molecular weight excluding hydrogens is 228 g/mol. The van der Waals surface area contributed by atoms with Gasteiger partial charge in [0.25, 0.3) is 0 Å². The van der Waals surface area contributed by atoms with Crippen LogP contribution in [-0.2, 0) is 9.47 Å². The Morgan fingerprint density at radius 3 is 2.50 bits per heavy atom. The van der Waals surface area contributed by atoms with E-state index in [1.54, 1.807) is 26.4 Å². The summed E-state index contributed by atoms with van der Waals surface area (Å²) >= 11 is 6.10. The largest absolute Gasteiger partial charge is 0.399 e. The van der Waals surface area contributed by atoms with E-state index in [1.807, 2.05) is 6.07 Å². The van der Waals surface area contributed by atoms with Crippen molar-refractivity contribution >= 4 is 23.0 Å². The lowest BCUT2D eigenvalue weighted by Crippen LogP contribution is -2.64. The maximum Gasteiger partial charge on any atom is 0.203 e. The van der Waals surface area contributed by atoms with Crippen LogP contribution in [-0.4, -0.2) is 33.1 Å². The Hall–Kier alpha value is -0.970. The van der Waals surface area contributed by atoms with Gasteiger partial charge in [-0.3, -0.25) is 0 Å². The Bertz CT molecular complexity index is 386. The van der Waals surface area contributed by atoms with E-state index >= 15 is 0 Å². The molecule has 0 saturated carbocycles. The zero-order valence-electron chi connectivity index (χ0n) is 9.37. The number of rotatable bonds is 3. The van der Waals surface area contributed by atoms with Crippen molar-refractivity contribution in [2.45, 2.75) is 5.79 Å². The number of anilines is 2. The summed E-state index contributed by atoms with van der Waals surface area (Å²) < 4.78 is 10.6. The first-order chi connectivity index (χ1) is 7.60. The molecule has 0 radical (unpaired) electrons. The SMILES string of the molecule is COC1(OC)CN(c2cc(N)ccc2Cl)C1. The van der Waals surface area contributed by atoms with Gasteiger partial charge in [0.15, 0.2) is 0 Å². The number of hydrogen-bond acceptors (Lipinski definition) is 4. The summed E-state index contributed by atoms with van der Waals surface area (Å²) in [6.45, 7) is 1.31. The molecule has 16 heavy (non-hydrogen) atoms. The second-order valence-electron chi connectivity index (χ2n) is 3.89. The van der Waals surface area contributed by atoms with Crippen molar-refractivity contribution in [3.05, 3.63) is 23.2 Å². The Labute approximate surface area is 99.9 Å². The number of methoxy groups -OCH3 is 2. The summed E-state index contributed by atoms with van der Waals surface area (Å²) in [5.41, 5.74) is 7.35. The lowest BCUT2D eigenvalue weighted by Gasteiger charge is -2.49. The predicted octanol–water partition coefficient (Wildman–Crippen LogP) is 1.73. The van der Waals surface area contributed by atoms with Crippen molar-refractivity contribution in [1.29, 1.82) is 0 Å². The van der Waals surface area contributed by atoms with Gasteiger partial charge < -0.3 is 20.1 Å². The van der Waals surface area contributed by atoms with E-state index in [4.69, 9.17) is 26.8 Å². The molecule has 1 aliphatic heterocycles. The van der Waals surface area contributed by atoms with Gasteiger partial charge in [0.1, 0.15) is 0 Å². The zero-order valence-corrected chi connectivity index (χ0v) is 10.1. The van der Waals surface area contributed by atoms with Gasteiger partial charge in [-0.15, -0.1) is 0 Å². The summed E-state index contributed by atoms with van der Waals surface area (Å²) in [7, 11) is 3.28. The minimum absolute atomic E-state index is 0.506. The molecule has 0 unspecified atom stereocenters. The van der Waals surface area contributed by atoms with Gasteiger partial charge in [0, 0.05) is 19.9 Å². The van der Waals surface area contributed by atoms with Crippen molar-refractivity contribution < 1.29 is 9.47 Å². The second-order valence-corrected chi connectivity index (χ2v) is 4.29. The topological polar surface area (TPSA) is 47.7 Å². The van der Waals surface area contributed by atoms with Crippen LogP contribution in [0.5, 0.6) is 0 Å². The Morgan fingerprint density at radius 1 is 1.31 bits per heavy atom. The van der Waals surface area contributed by atoms with Gasteiger partial charge in [-0.1, -0.05) is 11.6 Å². The number of benzene rings is 1. The molecular formula is C11H15ClN2O2. The van der Waals surface area contributed by atoms with Crippen LogP contribution in [0.3, 0.4) is 0 Å². The van der Waals surface area contributed by atoms with E-state index in [0.29, 0.717) is 23.8 Å². The van der Waals surface area contributed by atoms with Crippen LogP contribution in [0.25, 0.3) is 0 Å². The van der Waals surface area contributed by atoms with Gasteiger partial charge in [-0.05, 0) is 18.2 Å². The van der Waals surface area contributed by atoms with Gasteiger partial charge in [-0.25, -0.2) is 0 Å². The highest BCUT2D eigenvalue weighted by Gasteiger charge is 2.44. The minimum Gasteiger partial charge on any atom is -0.399 e. The first-order valence-electron chi connectivity index (χ1n) is 5.00. The van der Waals surface area contributed by atoms with Crippen molar-refractivity contribution in [3.63, 3.8) is 0 Å². The quantitative estimate of drug-likeness (QED) is 0.648. The van der Waals surface area contributed by atoms with Gasteiger partial charge in [0.2, 0.25) is 5.79 Å². The summed E-state index contributed by atoms with van der Waals surface area (Å²) in [4.78, 5) is 2.08. The normalized spacial score (nSPS) is 18.3. The van der Waals surface area contributed by atoms with Crippen LogP contribution >= 0.6 is 11.6 Å². The lowest BCUT2D eigenvalue weighted by molar-refractivity contribution is -0.219. The number of nitrogen functional groups attached to an aromatic ring is 1. The first kappa shape index (κ1) is 11.5. The fourth-order valence-electron chi connectivity index (χ4n) is 1.82. The van der Waals surface area contributed by atoms with Crippen LogP contribution in [0.4, 0.5) is 11.4 Å². The molecule has 1 saturated heterocycles. The molecule has 0 amide bonds. The third-order valence-electron chi connectivity index (χ3n) is 2.92. The van der Waals surface area contributed by atoms with Gasteiger partial charge in [-0.2, -0.15) is 0 Å². The van der Waals surface area contributed by atoms with Crippen LogP contribution in [0.2, 0.25) is 5.02 Å². The summed E-state index contributed by atoms with van der Waals surface area (Å²) in [6, 6.07) is 5.44. The Kier molecular flexibility index (Phi) is 2.97. The molecule has 2 rings (SSSR count). The number of halogens is 1. The molecule has 1 aromatic carbocycles. The third kappa shape index (κ3) is 1.84. The first-order valence-corrected chi connectivity index (χ1v) is 5.38. The Morgan fingerprint density at radius 2 is 1.94 bits per heavy atom. The summed E-state index contributed by atoms with van der Waals surface area (Å²) in [6.07, 6.45) is 0. The van der Waals surface area contributed by atoms with Crippen molar-refractivity contribution in [3.8, 4) is 0 Å². The standard InChI is InChI=1S/C11H15ClN2O2/c1-15-11(16-2)6-14(7-11)10-5-8(13)3-4-9(10)12/h3-5H,6-7,13H2,1-2H3.